The summed E-state index contributed by atoms with van der Waals surface area (Å²) in [6, 6.07) is 28.9. The van der Waals surface area contributed by atoms with Crippen LogP contribution in [0.15, 0.2) is 154 Å². The van der Waals surface area contributed by atoms with Crippen LogP contribution in [0.2, 0.25) is 0 Å². The van der Waals surface area contributed by atoms with Crippen molar-refractivity contribution in [3.05, 3.63) is 155 Å². The van der Waals surface area contributed by atoms with Crippen LogP contribution in [0.25, 0.3) is 0 Å². The molecule has 4 aromatic rings. The number of carboxylic acids is 2. The van der Waals surface area contributed by atoms with Crippen LogP contribution in [0.4, 0.5) is 22.7 Å². The maximum atomic E-state index is 12.2. The molecule has 7 rings (SSSR count). The maximum absolute atomic E-state index is 12.2. The van der Waals surface area contributed by atoms with Crippen molar-refractivity contribution in [3.8, 4) is 0 Å². The molecule has 0 unspecified atom stereocenters. The summed E-state index contributed by atoms with van der Waals surface area (Å²) in [7, 11) is -4.79. The molecule has 3 aliphatic rings. The van der Waals surface area contributed by atoms with Gasteiger partial charge in [-0.3, -0.25) is 5.04 Å². The summed E-state index contributed by atoms with van der Waals surface area (Å²) in [4.78, 5) is 28.2. The van der Waals surface area contributed by atoms with Gasteiger partial charge in [-0.15, -0.1) is 0 Å². The van der Waals surface area contributed by atoms with Crippen molar-refractivity contribution in [1.82, 2.24) is 0 Å². The molecule has 2 heterocycles. The van der Waals surface area contributed by atoms with Crippen molar-refractivity contribution in [2.45, 2.75) is 61.2 Å². The minimum atomic E-state index is -4.79. The number of fused-ring (bicyclic) bond motifs is 2. The molecule has 0 spiro atoms. The standard InChI is InChI=1S/C45H43N3O10S2.3K/c1-44(2)35-25-33(59-58-57-53)19-21-37(35)46(27-41(49)50)39(44)23-17-29-15-16-30(43(29)48(31-11-7-5-8-12-31)32-13-9-6-10-14-32)18-24-40-45(3,4)36-26-34(60(54,55)56)20-22-38(36)47(40)28-42(51)52;;;/h5-14,17-26H,15-16,27-28H2,1-4H3,(H3-,49,50,51,52,53,54,55,56);;;/q;3*+1/p-3. The van der Waals surface area contributed by atoms with Gasteiger partial charge in [0.05, 0.1) is 40.6 Å². The number of para-hydroxylation sites is 2. The first-order chi connectivity index (χ1) is 28.5. The fourth-order valence-corrected chi connectivity index (χ4v) is 9.31. The molecule has 4 aromatic carbocycles. The Morgan fingerprint density at radius 1 is 0.810 bits per heavy atom. The van der Waals surface area contributed by atoms with Gasteiger partial charge in [0, 0.05) is 50.8 Å². The van der Waals surface area contributed by atoms with Crippen molar-refractivity contribution < 1.29 is 206 Å². The van der Waals surface area contributed by atoms with Crippen LogP contribution < -0.4 is 179 Å². The van der Waals surface area contributed by atoms with E-state index in [1.54, 1.807) is 21.6 Å². The fraction of sp³-hybridized carbons (Fsp3) is 0.222. The third-order valence-electron chi connectivity index (χ3n) is 11.2. The molecule has 13 nitrogen and oxygen atoms in total. The number of benzene rings is 4. The first-order valence-electron chi connectivity index (χ1n) is 19.0. The van der Waals surface area contributed by atoms with Gasteiger partial charge in [-0.25, -0.2) is 8.42 Å². The number of rotatable bonds is 14. The molecule has 0 bridgehead atoms. The molecule has 0 fully saturated rings. The van der Waals surface area contributed by atoms with Gasteiger partial charge < -0.3 is 39.4 Å². The van der Waals surface area contributed by atoms with Crippen LogP contribution in [-0.2, 0) is 39.9 Å². The predicted octanol–water partition coefficient (Wildman–Crippen LogP) is -4.24. The van der Waals surface area contributed by atoms with Gasteiger partial charge in [-0.05, 0) is 104 Å². The summed E-state index contributed by atoms with van der Waals surface area (Å²) in [5, 5.41) is 38.4. The number of hydrogen-bond donors (Lipinski definition) is 0. The number of anilines is 3. The van der Waals surface area contributed by atoms with Crippen LogP contribution in [0, 0.1) is 0 Å². The number of nitrogens with zero attached hydrogens (tertiary/aromatic N) is 3. The topological polar surface area (TPSA) is 188 Å². The van der Waals surface area contributed by atoms with Crippen LogP contribution in [-0.4, -0.2) is 48.3 Å². The van der Waals surface area contributed by atoms with Crippen molar-refractivity contribution in [1.29, 1.82) is 0 Å². The molecule has 0 atom stereocenters. The SMILES string of the molecule is CC1(C)C(/C=C/C2=C(N(c3ccccc3)c3ccccc3)C(=C/C=C3/N(CC(=O)[O-])c4ccc(S(=O)(=O)[O-])cc4C3(C)C)/CC2)=[N+](CC(=O)[O-])c2ccc(SOO[O-])cc21.[K+].[K+].[K+]. The van der Waals surface area contributed by atoms with Crippen LogP contribution >= 0.6 is 12.0 Å². The van der Waals surface area contributed by atoms with Crippen LogP contribution in [0.1, 0.15) is 51.7 Å². The third-order valence-corrected chi connectivity index (χ3v) is 12.6. The quantitative estimate of drug-likeness (QED) is 0.0296. The van der Waals surface area contributed by atoms with Gasteiger partial charge in [0.25, 0.3) is 0 Å². The Kier molecular flexibility index (Phi) is 19.9. The zero-order chi connectivity index (χ0) is 43.0. The van der Waals surface area contributed by atoms with E-state index in [9.17, 15) is 38.0 Å². The average molecular weight is 964 g/mol. The molecule has 310 valence electrons. The number of carbonyl (C=O) groups is 2. The maximum Gasteiger partial charge on any atom is 1.00 e. The number of aliphatic carboxylic acids is 2. The molecule has 0 N–H and O–H groups in total. The summed E-state index contributed by atoms with van der Waals surface area (Å²) in [6.07, 6.45) is 8.88. The van der Waals surface area contributed by atoms with Gasteiger partial charge in [0.2, 0.25) is 5.69 Å². The first-order valence-corrected chi connectivity index (χ1v) is 21.1. The Labute approximate surface area is 499 Å². The van der Waals surface area contributed by atoms with E-state index in [4.69, 9.17) is 0 Å². The number of carboxylic acid groups (broad SMARTS) is 2. The minimum Gasteiger partial charge on any atom is -0.744 e. The van der Waals surface area contributed by atoms with Crippen LogP contribution in [0.3, 0.4) is 0 Å². The molecule has 0 saturated heterocycles. The molecule has 1 aliphatic carbocycles. The largest absolute Gasteiger partial charge is 1.00 e. The summed E-state index contributed by atoms with van der Waals surface area (Å²) < 4.78 is 42.3. The Morgan fingerprint density at radius 3 is 2.02 bits per heavy atom. The summed E-state index contributed by atoms with van der Waals surface area (Å²) in [5.74, 6) is -2.60. The molecular weight excluding hydrogens is 924 g/mol. The predicted molar refractivity (Wildman–Crippen MR) is 219 cm³/mol. The fourth-order valence-electron chi connectivity index (χ4n) is 8.41. The van der Waals surface area contributed by atoms with Crippen molar-refractivity contribution in [2.24, 2.45) is 0 Å². The molecule has 0 amide bonds. The number of allylic oxidation sites excluding steroid dienone is 7. The van der Waals surface area contributed by atoms with E-state index in [0.717, 1.165) is 45.8 Å². The average Bonchev–Trinajstić information content (AvgIpc) is 3.76. The summed E-state index contributed by atoms with van der Waals surface area (Å²) in [5.41, 5.74) is 6.51. The Hall–Kier alpha value is -0.901. The molecule has 63 heavy (non-hydrogen) atoms. The van der Waals surface area contributed by atoms with Gasteiger partial charge in [-0.1, -0.05) is 62.4 Å². The first kappa shape index (κ1) is 54.7. The van der Waals surface area contributed by atoms with E-state index < -0.39 is 50.9 Å². The monoisotopic (exact) mass is 963 g/mol. The van der Waals surface area contributed by atoms with Gasteiger partial charge in [0.15, 0.2) is 12.3 Å². The van der Waals surface area contributed by atoms with E-state index in [2.05, 4.69) is 14.3 Å². The van der Waals surface area contributed by atoms with E-state index >= 15 is 0 Å². The van der Waals surface area contributed by atoms with Crippen molar-refractivity contribution in [3.63, 3.8) is 0 Å². The second kappa shape index (κ2) is 22.9. The Morgan fingerprint density at radius 2 is 1.44 bits per heavy atom. The van der Waals surface area contributed by atoms with E-state index in [0.29, 0.717) is 46.1 Å². The second-order valence-corrected chi connectivity index (χ2v) is 17.7. The Bertz CT molecular complexity index is 2610. The Balaban J connectivity index is 0.00000290. The molecule has 0 saturated carbocycles. The molecule has 2 aliphatic heterocycles. The number of hydrogen-bond acceptors (Lipinski definition) is 13. The van der Waals surface area contributed by atoms with Gasteiger partial charge >= 0.3 is 154 Å². The smallest absolute Gasteiger partial charge is 0.744 e. The normalized spacial score (nSPS) is 17.3. The van der Waals surface area contributed by atoms with E-state index in [1.807, 2.05) is 119 Å². The summed E-state index contributed by atoms with van der Waals surface area (Å²) >= 11 is 0.746. The second-order valence-electron chi connectivity index (χ2n) is 15.5. The van der Waals surface area contributed by atoms with Gasteiger partial charge in [0.1, 0.15) is 16.1 Å². The molecule has 18 heteroatoms. The molecule has 0 aromatic heterocycles. The minimum absolute atomic E-state index is 0. The number of carbonyl (C=O) groups excluding carboxylic acids is 2. The van der Waals surface area contributed by atoms with Gasteiger partial charge in [-0.2, -0.15) is 8.91 Å². The summed E-state index contributed by atoms with van der Waals surface area (Å²) in [6.45, 7) is 6.74. The zero-order valence-electron chi connectivity index (χ0n) is 36.1. The zero-order valence-corrected chi connectivity index (χ0v) is 47.1. The van der Waals surface area contributed by atoms with Crippen LogP contribution in [0.5, 0.6) is 0 Å². The molecular formula is C45H40K3N3O10S2. The van der Waals surface area contributed by atoms with E-state index in [-0.39, 0.29) is 154 Å². The molecule has 0 radical (unpaired) electrons. The van der Waals surface area contributed by atoms with E-state index in [1.165, 1.54) is 18.2 Å². The van der Waals surface area contributed by atoms with Crippen molar-refractivity contribution in [2.75, 3.05) is 22.9 Å². The third kappa shape index (κ3) is 11.9. The van der Waals surface area contributed by atoms with Crippen molar-refractivity contribution >= 4 is 62.6 Å².